The van der Waals surface area contributed by atoms with Crippen molar-refractivity contribution in [3.63, 3.8) is 0 Å². The number of allylic oxidation sites excluding steroid dienone is 1. The Morgan fingerprint density at radius 2 is 1.76 bits per heavy atom. The minimum absolute atomic E-state index is 0.0101. The molecule has 2 N–H and O–H groups in total. The van der Waals surface area contributed by atoms with Crippen LogP contribution >= 0.6 is 0 Å². The van der Waals surface area contributed by atoms with Gasteiger partial charge >= 0.3 is 6.09 Å². The van der Waals surface area contributed by atoms with E-state index in [0.29, 0.717) is 71.9 Å². The number of ether oxygens (including phenoxy) is 5. The second-order valence-corrected chi connectivity index (χ2v) is 16.0. The number of fused-ring (bicyclic) bond motifs is 2. The number of benzene rings is 3. The van der Waals surface area contributed by atoms with E-state index in [1.54, 1.807) is 54.3 Å². The number of nitrogens with zero attached hydrogens (tertiary/aromatic N) is 3. The monoisotopic (exact) mass is 869 g/mol. The molecule has 63 heavy (non-hydrogen) atoms. The highest BCUT2D eigenvalue weighted by atomic mass is 16.7. The van der Waals surface area contributed by atoms with Crippen molar-refractivity contribution in [3.8, 4) is 23.0 Å². The number of amides is 1. The van der Waals surface area contributed by atoms with Crippen molar-refractivity contribution in [2.24, 2.45) is 22.9 Å². The summed E-state index contributed by atoms with van der Waals surface area (Å²) in [5.41, 5.74) is 3.29. The van der Waals surface area contributed by atoms with Crippen molar-refractivity contribution in [1.82, 2.24) is 4.90 Å². The predicted molar refractivity (Wildman–Crippen MR) is 235 cm³/mol. The van der Waals surface area contributed by atoms with Gasteiger partial charge < -0.3 is 38.7 Å². The number of aldehydes is 1. The van der Waals surface area contributed by atoms with Crippen LogP contribution in [0.3, 0.4) is 0 Å². The SMILES string of the molecule is C=CCOC12Oc3ccc(Oc4ccc(OC)c(C=O)c4)cc3C3C(CCCCO)C(CCCCO)C=C(C(=NOCc4ccc([N+](=O)[O-])cc4)CC1N(CCC)C(=O)OCC)C32. The Labute approximate surface area is 368 Å². The summed E-state index contributed by atoms with van der Waals surface area (Å²) >= 11 is 0. The molecule has 3 aromatic rings. The Balaban J connectivity index is 1.56. The van der Waals surface area contributed by atoms with Crippen LogP contribution in [0.2, 0.25) is 0 Å². The maximum absolute atomic E-state index is 14.1. The first-order valence-corrected chi connectivity index (χ1v) is 21.8. The van der Waals surface area contributed by atoms with Gasteiger partial charge in [0.05, 0.1) is 42.4 Å². The van der Waals surface area contributed by atoms with Crippen LogP contribution in [0, 0.1) is 27.9 Å². The van der Waals surface area contributed by atoms with Crippen LogP contribution in [0.25, 0.3) is 0 Å². The van der Waals surface area contributed by atoms with E-state index >= 15 is 0 Å². The molecule has 0 saturated heterocycles. The van der Waals surface area contributed by atoms with Gasteiger partial charge in [-0.15, -0.1) is 6.58 Å². The summed E-state index contributed by atoms with van der Waals surface area (Å²) in [6, 6.07) is 16.0. The Bertz CT molecular complexity index is 2120. The molecule has 1 aliphatic heterocycles. The van der Waals surface area contributed by atoms with E-state index in [0.717, 1.165) is 36.8 Å². The second-order valence-electron chi connectivity index (χ2n) is 16.0. The molecule has 0 radical (unpaired) electrons. The number of carbonyl (C=O) groups is 2. The van der Waals surface area contributed by atoms with Crippen molar-refractivity contribution in [2.45, 2.75) is 89.6 Å². The molecule has 6 unspecified atom stereocenters. The standard InChI is InChI=1S/C48H59N3O12/c1-5-22-50(47(55)59-7-3)44-29-41(49-61-31-32-14-16-35(17-15-32)51(56)57)39-27-33(12-8-10-23-52)38(13-9-11-24-53)45-40-28-37(62-36-18-20-42(58-4)34(26-36)30-54)19-21-43(40)63-48(44,46(39)45)60-25-6-2/h6,14-21,26-28,30,33,38,44-46,52-53H,2,5,7-13,22-25,29,31H2,1,3-4H3. The molecule has 1 amide bonds. The molecule has 6 rings (SSSR count). The molecule has 2 aliphatic carbocycles. The molecule has 1 fully saturated rings. The normalized spacial score (nSPS) is 22.7. The van der Waals surface area contributed by atoms with Crippen LogP contribution in [0.1, 0.15) is 92.6 Å². The van der Waals surface area contributed by atoms with E-state index in [2.05, 4.69) is 12.7 Å². The lowest BCUT2D eigenvalue weighted by Gasteiger charge is -2.59. The molecular weight excluding hydrogens is 811 g/mol. The molecule has 0 spiro atoms. The summed E-state index contributed by atoms with van der Waals surface area (Å²) in [6.07, 6.45) is 9.12. The third-order valence-corrected chi connectivity index (χ3v) is 12.1. The fourth-order valence-electron chi connectivity index (χ4n) is 9.44. The molecule has 3 aromatic carbocycles. The maximum atomic E-state index is 14.1. The zero-order chi connectivity index (χ0) is 44.9. The lowest BCUT2D eigenvalue weighted by atomic mass is 9.55. The van der Waals surface area contributed by atoms with Gasteiger partial charge in [0.2, 0.25) is 5.79 Å². The first-order valence-electron chi connectivity index (χ1n) is 21.8. The molecule has 338 valence electrons. The molecular formula is C48H59N3O12. The lowest BCUT2D eigenvalue weighted by molar-refractivity contribution is -0.384. The van der Waals surface area contributed by atoms with Crippen molar-refractivity contribution >= 4 is 23.8 Å². The largest absolute Gasteiger partial charge is 0.496 e. The Hall–Kier alpha value is -5.77. The molecule has 6 atom stereocenters. The molecule has 15 nitrogen and oxygen atoms in total. The highest BCUT2D eigenvalue weighted by Gasteiger charge is 2.65. The number of nitro benzene ring substituents is 1. The maximum Gasteiger partial charge on any atom is 0.410 e. The number of methoxy groups -OCH3 is 1. The second kappa shape index (κ2) is 22.0. The van der Waals surface area contributed by atoms with E-state index in [-0.39, 0.29) is 62.9 Å². The summed E-state index contributed by atoms with van der Waals surface area (Å²) in [7, 11) is 1.50. The topological polar surface area (TPSA) is 189 Å². The van der Waals surface area contributed by atoms with Gasteiger partial charge in [0, 0.05) is 49.8 Å². The van der Waals surface area contributed by atoms with Crippen molar-refractivity contribution in [3.05, 3.63) is 112 Å². The van der Waals surface area contributed by atoms with E-state index in [4.69, 9.17) is 33.7 Å². The fourth-order valence-corrected chi connectivity index (χ4v) is 9.44. The van der Waals surface area contributed by atoms with Gasteiger partial charge in [-0.25, -0.2) is 4.79 Å². The molecule has 15 heteroatoms. The minimum Gasteiger partial charge on any atom is -0.496 e. The predicted octanol–water partition coefficient (Wildman–Crippen LogP) is 8.91. The van der Waals surface area contributed by atoms with E-state index in [1.165, 1.54) is 19.2 Å². The highest BCUT2D eigenvalue weighted by Crippen LogP contribution is 2.62. The number of unbranched alkanes of at least 4 members (excludes halogenated alkanes) is 2. The number of non-ortho nitro benzene ring substituents is 1. The number of hydrogen-bond acceptors (Lipinski definition) is 13. The number of nitro groups is 1. The molecule has 1 heterocycles. The number of aliphatic hydroxyl groups excluding tert-OH is 2. The summed E-state index contributed by atoms with van der Waals surface area (Å²) < 4.78 is 31.7. The van der Waals surface area contributed by atoms with Crippen molar-refractivity contribution in [1.29, 1.82) is 0 Å². The average Bonchev–Trinajstić information content (AvgIpc) is 3.29. The Morgan fingerprint density at radius 1 is 1.03 bits per heavy atom. The summed E-state index contributed by atoms with van der Waals surface area (Å²) in [5, 5.41) is 36.0. The number of rotatable bonds is 23. The molecule has 0 aromatic heterocycles. The van der Waals surface area contributed by atoms with Crippen LogP contribution in [-0.4, -0.2) is 90.0 Å². The number of oxime groups is 1. The fraction of sp³-hybridized carbons (Fsp3) is 0.479. The minimum atomic E-state index is -1.47. The van der Waals surface area contributed by atoms with Gasteiger partial charge in [-0.3, -0.25) is 19.8 Å². The Morgan fingerprint density at radius 3 is 2.43 bits per heavy atom. The van der Waals surface area contributed by atoms with Gasteiger partial charge in [-0.1, -0.05) is 37.1 Å². The van der Waals surface area contributed by atoms with Crippen molar-refractivity contribution < 1.29 is 53.2 Å². The lowest BCUT2D eigenvalue weighted by Crippen LogP contribution is -2.70. The van der Waals surface area contributed by atoms with Gasteiger partial charge in [0.1, 0.15) is 35.6 Å². The van der Waals surface area contributed by atoms with Gasteiger partial charge in [0.15, 0.2) is 6.29 Å². The average molecular weight is 870 g/mol. The van der Waals surface area contributed by atoms with Crippen LogP contribution in [0.15, 0.2) is 90.1 Å². The quantitative estimate of drug-likeness (QED) is 0.0303. The zero-order valence-electron chi connectivity index (χ0n) is 36.3. The Kier molecular flexibility index (Phi) is 16.3. The highest BCUT2D eigenvalue weighted by molar-refractivity contribution is 6.03. The number of hydrogen-bond donors (Lipinski definition) is 2. The van der Waals surface area contributed by atoms with E-state index < -0.39 is 28.8 Å². The van der Waals surface area contributed by atoms with E-state index in [9.17, 15) is 29.9 Å². The number of carbonyl (C=O) groups excluding carboxylic acids is 2. The summed E-state index contributed by atoms with van der Waals surface area (Å²) in [5.74, 6) is -0.465. The van der Waals surface area contributed by atoms with Gasteiger partial charge in [-0.05, 0) is 111 Å². The number of aliphatic hydroxyl groups is 2. The summed E-state index contributed by atoms with van der Waals surface area (Å²) in [4.78, 5) is 44.7. The smallest absolute Gasteiger partial charge is 0.410 e. The first kappa shape index (κ1) is 46.7. The van der Waals surface area contributed by atoms with Crippen LogP contribution < -0.4 is 14.2 Å². The van der Waals surface area contributed by atoms with Crippen LogP contribution in [-0.2, 0) is 20.9 Å². The van der Waals surface area contributed by atoms with Crippen molar-refractivity contribution in [2.75, 3.05) is 40.1 Å². The molecule has 0 bridgehead atoms. The van der Waals surface area contributed by atoms with Crippen LogP contribution in [0.5, 0.6) is 23.0 Å². The third-order valence-electron chi connectivity index (χ3n) is 12.1. The zero-order valence-corrected chi connectivity index (χ0v) is 36.3. The molecule has 1 saturated carbocycles. The van der Waals surface area contributed by atoms with Crippen LogP contribution in [0.4, 0.5) is 10.5 Å². The third kappa shape index (κ3) is 10.4. The van der Waals surface area contributed by atoms with Gasteiger partial charge in [-0.2, -0.15) is 0 Å². The van der Waals surface area contributed by atoms with E-state index in [1.807, 2.05) is 19.1 Å². The summed E-state index contributed by atoms with van der Waals surface area (Å²) in [6.45, 7) is 8.44. The first-order chi connectivity index (χ1) is 30.7. The van der Waals surface area contributed by atoms with Gasteiger partial charge in [0.25, 0.3) is 5.69 Å². The molecule has 3 aliphatic rings.